The van der Waals surface area contributed by atoms with E-state index in [4.69, 9.17) is 9.84 Å². The number of ether oxygens (including phenoxy) is 1. The van der Waals surface area contributed by atoms with Gasteiger partial charge in [-0.25, -0.2) is 9.78 Å². The molecule has 0 radical (unpaired) electrons. The summed E-state index contributed by atoms with van der Waals surface area (Å²) in [5.41, 5.74) is -0.112. The van der Waals surface area contributed by atoms with Crippen molar-refractivity contribution in [1.29, 1.82) is 0 Å². The lowest BCUT2D eigenvalue weighted by Crippen LogP contribution is -2.02. The average molecular weight is 216 g/mol. The maximum Gasteiger partial charge on any atom is 0.358 e. The van der Waals surface area contributed by atoms with Gasteiger partial charge in [0.15, 0.2) is 11.4 Å². The number of carboxylic acid groups (broad SMARTS) is 1. The third kappa shape index (κ3) is 2.14. The van der Waals surface area contributed by atoms with Crippen LogP contribution in [0.5, 0.6) is 11.5 Å². The van der Waals surface area contributed by atoms with Crippen LogP contribution in [-0.2, 0) is 0 Å². The zero-order chi connectivity index (χ0) is 11.4. The lowest BCUT2D eigenvalue weighted by atomic mass is 10.3. The van der Waals surface area contributed by atoms with Crippen molar-refractivity contribution in [1.82, 2.24) is 9.97 Å². The Hall–Kier alpha value is -2.43. The Morgan fingerprint density at radius 2 is 1.94 bits per heavy atom. The minimum atomic E-state index is -1.12. The fourth-order valence-corrected chi connectivity index (χ4v) is 1.17. The maximum absolute atomic E-state index is 10.9. The van der Waals surface area contributed by atoms with E-state index in [1.54, 1.807) is 36.7 Å². The molecule has 2 aromatic rings. The van der Waals surface area contributed by atoms with Gasteiger partial charge < -0.3 is 9.84 Å². The van der Waals surface area contributed by atoms with Crippen LogP contribution in [0.1, 0.15) is 10.5 Å². The summed E-state index contributed by atoms with van der Waals surface area (Å²) in [5.74, 6) is -0.392. The molecule has 5 heteroatoms. The molecule has 80 valence electrons. The van der Waals surface area contributed by atoms with Crippen molar-refractivity contribution in [3.05, 3.63) is 48.5 Å². The second-order valence-corrected chi connectivity index (χ2v) is 2.94. The highest BCUT2D eigenvalue weighted by Gasteiger charge is 2.12. The molecule has 2 rings (SSSR count). The van der Waals surface area contributed by atoms with Gasteiger partial charge in [0, 0.05) is 18.6 Å². The average Bonchev–Trinajstić information content (AvgIpc) is 2.31. The molecule has 0 aliphatic rings. The molecule has 0 aromatic carbocycles. The molecule has 0 amide bonds. The molecule has 0 spiro atoms. The van der Waals surface area contributed by atoms with Gasteiger partial charge in [-0.05, 0) is 24.3 Å². The monoisotopic (exact) mass is 216 g/mol. The third-order valence-corrected chi connectivity index (χ3v) is 1.85. The van der Waals surface area contributed by atoms with Gasteiger partial charge in [-0.2, -0.15) is 0 Å². The van der Waals surface area contributed by atoms with E-state index in [1.165, 1.54) is 6.20 Å². The standard InChI is InChI=1S/C11H8N2O3/c14-11(15)10-9(2-1-5-13-10)16-8-3-6-12-7-4-8/h1-7H,(H,14,15). The molecule has 0 saturated carbocycles. The van der Waals surface area contributed by atoms with Gasteiger partial charge in [0.25, 0.3) is 0 Å². The second kappa shape index (κ2) is 4.39. The van der Waals surface area contributed by atoms with Crippen molar-refractivity contribution in [2.24, 2.45) is 0 Å². The molecule has 0 fully saturated rings. The number of rotatable bonds is 3. The van der Waals surface area contributed by atoms with Crippen molar-refractivity contribution in [3.63, 3.8) is 0 Å². The van der Waals surface area contributed by atoms with Gasteiger partial charge in [-0.15, -0.1) is 0 Å². The SMILES string of the molecule is O=C(O)c1ncccc1Oc1ccncc1. The largest absolute Gasteiger partial charge is 0.476 e. The Morgan fingerprint density at radius 3 is 2.62 bits per heavy atom. The van der Waals surface area contributed by atoms with Gasteiger partial charge >= 0.3 is 5.97 Å². The van der Waals surface area contributed by atoms with Crippen molar-refractivity contribution in [2.75, 3.05) is 0 Å². The van der Waals surface area contributed by atoms with Gasteiger partial charge in [-0.1, -0.05) is 0 Å². The highest BCUT2D eigenvalue weighted by molar-refractivity contribution is 5.88. The quantitative estimate of drug-likeness (QED) is 0.849. The van der Waals surface area contributed by atoms with E-state index in [9.17, 15) is 4.79 Å². The van der Waals surface area contributed by atoms with Crippen LogP contribution >= 0.6 is 0 Å². The Balaban J connectivity index is 2.31. The van der Waals surface area contributed by atoms with E-state index < -0.39 is 5.97 Å². The molecule has 0 aliphatic carbocycles. The Morgan fingerprint density at radius 1 is 1.19 bits per heavy atom. The van der Waals surface area contributed by atoms with E-state index >= 15 is 0 Å². The smallest absolute Gasteiger partial charge is 0.358 e. The molecule has 2 heterocycles. The van der Waals surface area contributed by atoms with Crippen LogP contribution in [0.15, 0.2) is 42.9 Å². The first-order valence-corrected chi connectivity index (χ1v) is 4.53. The van der Waals surface area contributed by atoms with E-state index in [0.717, 1.165) is 0 Å². The summed E-state index contributed by atoms with van der Waals surface area (Å²) in [4.78, 5) is 18.4. The Labute approximate surface area is 91.4 Å². The lowest BCUT2D eigenvalue weighted by Gasteiger charge is -2.06. The predicted molar refractivity (Wildman–Crippen MR) is 55.5 cm³/mol. The number of nitrogens with zero attached hydrogens (tertiary/aromatic N) is 2. The topological polar surface area (TPSA) is 72.3 Å². The Kier molecular flexibility index (Phi) is 2.77. The minimum absolute atomic E-state index is 0.112. The summed E-state index contributed by atoms with van der Waals surface area (Å²) >= 11 is 0. The van der Waals surface area contributed by atoms with Gasteiger partial charge in [-0.3, -0.25) is 4.98 Å². The molecule has 16 heavy (non-hydrogen) atoms. The van der Waals surface area contributed by atoms with Crippen molar-refractivity contribution < 1.29 is 14.6 Å². The zero-order valence-electron chi connectivity index (χ0n) is 8.20. The van der Waals surface area contributed by atoms with Gasteiger partial charge in [0.2, 0.25) is 0 Å². The molecular weight excluding hydrogens is 208 g/mol. The van der Waals surface area contributed by atoms with Gasteiger partial charge in [0.1, 0.15) is 5.75 Å². The summed E-state index contributed by atoms with van der Waals surface area (Å²) in [6, 6.07) is 6.44. The lowest BCUT2D eigenvalue weighted by molar-refractivity contribution is 0.0687. The van der Waals surface area contributed by atoms with E-state index in [-0.39, 0.29) is 11.4 Å². The van der Waals surface area contributed by atoms with Gasteiger partial charge in [0.05, 0.1) is 0 Å². The van der Waals surface area contributed by atoms with Crippen LogP contribution in [-0.4, -0.2) is 21.0 Å². The molecule has 0 unspecified atom stereocenters. The van der Waals surface area contributed by atoms with Crippen LogP contribution < -0.4 is 4.74 Å². The van der Waals surface area contributed by atoms with E-state index in [2.05, 4.69) is 9.97 Å². The van der Waals surface area contributed by atoms with Crippen LogP contribution in [0.2, 0.25) is 0 Å². The second-order valence-electron chi connectivity index (χ2n) is 2.94. The highest BCUT2D eigenvalue weighted by atomic mass is 16.5. The number of carbonyl (C=O) groups is 1. The summed E-state index contributed by atoms with van der Waals surface area (Å²) in [6.07, 6.45) is 4.53. The fourth-order valence-electron chi connectivity index (χ4n) is 1.17. The first kappa shape index (κ1) is 10.1. The Bertz CT molecular complexity index is 500. The molecule has 0 aliphatic heterocycles. The number of aromatic nitrogens is 2. The predicted octanol–water partition coefficient (Wildman–Crippen LogP) is 1.97. The van der Waals surface area contributed by atoms with Crippen LogP contribution in [0.4, 0.5) is 0 Å². The van der Waals surface area contributed by atoms with Crippen LogP contribution in [0.3, 0.4) is 0 Å². The van der Waals surface area contributed by atoms with Crippen molar-refractivity contribution in [3.8, 4) is 11.5 Å². The number of hydrogen-bond donors (Lipinski definition) is 1. The molecular formula is C11H8N2O3. The molecule has 2 aromatic heterocycles. The number of aromatic carboxylic acids is 1. The van der Waals surface area contributed by atoms with Crippen molar-refractivity contribution in [2.45, 2.75) is 0 Å². The number of pyridine rings is 2. The first-order chi connectivity index (χ1) is 7.77. The summed E-state index contributed by atoms with van der Waals surface area (Å²) in [7, 11) is 0. The highest BCUT2D eigenvalue weighted by Crippen LogP contribution is 2.22. The third-order valence-electron chi connectivity index (χ3n) is 1.85. The molecule has 0 saturated heterocycles. The van der Waals surface area contributed by atoms with Crippen LogP contribution in [0, 0.1) is 0 Å². The van der Waals surface area contributed by atoms with Crippen molar-refractivity contribution >= 4 is 5.97 Å². The molecule has 5 nitrogen and oxygen atoms in total. The molecule has 1 N–H and O–H groups in total. The van der Waals surface area contributed by atoms with E-state index in [1.807, 2.05) is 0 Å². The number of carboxylic acids is 1. The normalized spacial score (nSPS) is 9.75. The maximum atomic E-state index is 10.9. The van der Waals surface area contributed by atoms with E-state index in [0.29, 0.717) is 5.75 Å². The first-order valence-electron chi connectivity index (χ1n) is 4.53. The molecule has 0 atom stereocenters. The minimum Gasteiger partial charge on any atom is -0.476 e. The summed E-state index contributed by atoms with van der Waals surface area (Å²) in [5, 5.41) is 8.89. The zero-order valence-corrected chi connectivity index (χ0v) is 8.20. The number of hydrogen-bond acceptors (Lipinski definition) is 4. The summed E-state index contributed by atoms with van der Waals surface area (Å²) in [6.45, 7) is 0. The fraction of sp³-hybridized carbons (Fsp3) is 0. The molecule has 0 bridgehead atoms. The summed E-state index contributed by atoms with van der Waals surface area (Å²) < 4.78 is 5.39. The van der Waals surface area contributed by atoms with Crippen LogP contribution in [0.25, 0.3) is 0 Å².